The zero-order valence-electron chi connectivity index (χ0n) is 17.5. The van der Waals surface area contributed by atoms with E-state index in [9.17, 15) is 13.6 Å². The minimum absolute atomic E-state index is 0.289. The highest BCUT2D eigenvalue weighted by atomic mass is 19.2. The van der Waals surface area contributed by atoms with E-state index in [1.54, 1.807) is 29.9 Å². The first kappa shape index (κ1) is 22.3. The molecule has 1 aromatic heterocycles. The Bertz CT molecular complexity index is 1020. The molecule has 1 heterocycles. The molecule has 31 heavy (non-hydrogen) atoms. The van der Waals surface area contributed by atoms with Gasteiger partial charge >= 0.3 is 6.03 Å². The van der Waals surface area contributed by atoms with Gasteiger partial charge < -0.3 is 15.5 Å². The summed E-state index contributed by atoms with van der Waals surface area (Å²) in [4.78, 5) is 14.2. The standard InChI is InChI=1S/C21H25F2N7O/c1-29(14-15-8-9-18(22)19(23)12-15)11-4-3-10-24-21(31)25-17-7-5-6-16(13-17)20-26-27-28-30(20)2/h5-9,12-13H,3-4,10-11,14H2,1-2H3,(H2,24,25,31). The summed E-state index contributed by atoms with van der Waals surface area (Å²) < 4.78 is 27.8. The van der Waals surface area contributed by atoms with Crippen molar-refractivity contribution in [1.82, 2.24) is 30.4 Å². The van der Waals surface area contributed by atoms with E-state index in [1.807, 2.05) is 24.1 Å². The summed E-state index contributed by atoms with van der Waals surface area (Å²) in [6.45, 7) is 1.83. The number of amides is 2. The minimum Gasteiger partial charge on any atom is -0.338 e. The van der Waals surface area contributed by atoms with Crippen molar-refractivity contribution >= 4 is 11.7 Å². The number of urea groups is 1. The van der Waals surface area contributed by atoms with Crippen molar-refractivity contribution in [2.75, 3.05) is 25.5 Å². The minimum atomic E-state index is -0.840. The smallest absolute Gasteiger partial charge is 0.319 e. The summed E-state index contributed by atoms with van der Waals surface area (Å²) in [5, 5.41) is 17.0. The van der Waals surface area contributed by atoms with Crippen molar-refractivity contribution < 1.29 is 13.6 Å². The Balaban J connectivity index is 1.36. The third-order valence-electron chi connectivity index (χ3n) is 4.69. The van der Waals surface area contributed by atoms with Crippen LogP contribution in [0.5, 0.6) is 0 Å². The normalized spacial score (nSPS) is 11.0. The molecular formula is C21H25F2N7O. The van der Waals surface area contributed by atoms with E-state index in [1.165, 1.54) is 6.07 Å². The van der Waals surface area contributed by atoms with Crippen molar-refractivity contribution in [3.05, 3.63) is 59.7 Å². The van der Waals surface area contributed by atoms with Gasteiger partial charge in [0, 0.05) is 31.4 Å². The number of aryl methyl sites for hydroxylation is 1. The van der Waals surface area contributed by atoms with Gasteiger partial charge in [0.05, 0.1) is 0 Å². The number of benzene rings is 2. The maximum absolute atomic E-state index is 13.3. The molecular weight excluding hydrogens is 404 g/mol. The SMILES string of the molecule is CN(CCCCNC(=O)Nc1cccc(-c2nnnn2C)c1)Cc1ccc(F)c(F)c1. The molecule has 8 nitrogen and oxygen atoms in total. The third kappa shape index (κ3) is 6.54. The van der Waals surface area contributed by atoms with Crippen LogP contribution in [0.25, 0.3) is 11.4 Å². The van der Waals surface area contributed by atoms with Gasteiger partial charge in [0.2, 0.25) is 0 Å². The Morgan fingerprint density at radius 2 is 1.97 bits per heavy atom. The average molecular weight is 429 g/mol. The number of aromatic nitrogens is 4. The van der Waals surface area contributed by atoms with Crippen LogP contribution in [0, 0.1) is 11.6 Å². The fraction of sp³-hybridized carbons (Fsp3) is 0.333. The molecule has 10 heteroatoms. The number of carbonyl (C=O) groups excluding carboxylic acids is 1. The topological polar surface area (TPSA) is 88.0 Å². The van der Waals surface area contributed by atoms with Gasteiger partial charge in [-0.05, 0) is 66.7 Å². The summed E-state index contributed by atoms with van der Waals surface area (Å²) in [5.74, 6) is -1.07. The summed E-state index contributed by atoms with van der Waals surface area (Å²) in [7, 11) is 3.67. The number of nitrogens with one attached hydrogen (secondary N) is 2. The number of unbranched alkanes of at least 4 members (excludes halogenated alkanes) is 1. The number of hydrogen-bond acceptors (Lipinski definition) is 5. The summed E-state index contributed by atoms with van der Waals surface area (Å²) in [5.41, 5.74) is 2.16. The molecule has 0 aliphatic rings. The first-order valence-electron chi connectivity index (χ1n) is 9.92. The largest absolute Gasteiger partial charge is 0.338 e. The van der Waals surface area contributed by atoms with E-state index >= 15 is 0 Å². The van der Waals surface area contributed by atoms with Gasteiger partial charge in [-0.1, -0.05) is 18.2 Å². The Hall–Kier alpha value is -3.40. The second-order valence-corrected chi connectivity index (χ2v) is 7.28. The number of carbonyl (C=O) groups is 1. The highest BCUT2D eigenvalue weighted by Gasteiger charge is 2.08. The second-order valence-electron chi connectivity index (χ2n) is 7.28. The van der Waals surface area contributed by atoms with Crippen LogP contribution < -0.4 is 10.6 Å². The zero-order valence-corrected chi connectivity index (χ0v) is 17.5. The van der Waals surface area contributed by atoms with Gasteiger partial charge in [-0.2, -0.15) is 0 Å². The lowest BCUT2D eigenvalue weighted by atomic mass is 10.2. The van der Waals surface area contributed by atoms with Gasteiger partial charge in [-0.25, -0.2) is 18.3 Å². The average Bonchev–Trinajstić information content (AvgIpc) is 3.16. The van der Waals surface area contributed by atoms with E-state index < -0.39 is 11.6 Å². The van der Waals surface area contributed by atoms with Crippen LogP contribution in [-0.4, -0.2) is 51.3 Å². The maximum atomic E-state index is 13.3. The predicted octanol–water partition coefficient (Wildman–Crippen LogP) is 3.19. The molecule has 0 aliphatic heterocycles. The van der Waals surface area contributed by atoms with Gasteiger partial charge in [-0.3, -0.25) is 0 Å². The fourth-order valence-corrected chi connectivity index (χ4v) is 3.12. The van der Waals surface area contributed by atoms with E-state index in [0.717, 1.165) is 36.6 Å². The fourth-order valence-electron chi connectivity index (χ4n) is 3.12. The Morgan fingerprint density at radius 3 is 2.71 bits per heavy atom. The highest BCUT2D eigenvalue weighted by Crippen LogP contribution is 2.19. The number of hydrogen-bond donors (Lipinski definition) is 2. The highest BCUT2D eigenvalue weighted by molar-refractivity contribution is 5.89. The first-order chi connectivity index (χ1) is 14.9. The van der Waals surface area contributed by atoms with Crippen LogP contribution in [0.2, 0.25) is 0 Å². The van der Waals surface area contributed by atoms with E-state index in [0.29, 0.717) is 24.6 Å². The molecule has 0 aliphatic carbocycles. The quantitative estimate of drug-likeness (QED) is 0.510. The van der Waals surface area contributed by atoms with Crippen molar-refractivity contribution in [2.45, 2.75) is 19.4 Å². The van der Waals surface area contributed by atoms with Crippen LogP contribution >= 0.6 is 0 Å². The molecule has 0 radical (unpaired) electrons. The van der Waals surface area contributed by atoms with Crippen LogP contribution in [-0.2, 0) is 13.6 Å². The van der Waals surface area contributed by atoms with E-state index in [4.69, 9.17) is 0 Å². The predicted molar refractivity (Wildman–Crippen MR) is 113 cm³/mol. The number of halogens is 2. The van der Waals surface area contributed by atoms with E-state index in [-0.39, 0.29) is 6.03 Å². The van der Waals surface area contributed by atoms with Gasteiger partial charge in [0.15, 0.2) is 17.5 Å². The molecule has 0 saturated heterocycles. The van der Waals surface area contributed by atoms with Crippen molar-refractivity contribution in [3.8, 4) is 11.4 Å². The lowest BCUT2D eigenvalue weighted by Gasteiger charge is -2.17. The summed E-state index contributed by atoms with van der Waals surface area (Å²) >= 11 is 0. The lowest BCUT2D eigenvalue weighted by Crippen LogP contribution is -2.30. The Labute approximate surface area is 179 Å². The molecule has 0 atom stereocenters. The molecule has 0 unspecified atom stereocenters. The van der Waals surface area contributed by atoms with Gasteiger partial charge in [0.25, 0.3) is 0 Å². The molecule has 164 valence electrons. The number of nitrogens with zero attached hydrogens (tertiary/aromatic N) is 5. The van der Waals surface area contributed by atoms with Crippen LogP contribution in [0.1, 0.15) is 18.4 Å². The van der Waals surface area contributed by atoms with Crippen molar-refractivity contribution in [1.29, 1.82) is 0 Å². The van der Waals surface area contributed by atoms with Crippen LogP contribution in [0.15, 0.2) is 42.5 Å². The molecule has 0 spiro atoms. The first-order valence-corrected chi connectivity index (χ1v) is 9.92. The van der Waals surface area contributed by atoms with Crippen molar-refractivity contribution in [2.24, 2.45) is 7.05 Å². The van der Waals surface area contributed by atoms with Gasteiger partial charge in [-0.15, -0.1) is 5.10 Å². The Kier molecular flexibility index (Phi) is 7.60. The second kappa shape index (κ2) is 10.6. The lowest BCUT2D eigenvalue weighted by molar-refractivity contribution is 0.251. The van der Waals surface area contributed by atoms with Gasteiger partial charge in [0.1, 0.15) is 0 Å². The summed E-state index contributed by atoms with van der Waals surface area (Å²) in [6.07, 6.45) is 1.65. The number of anilines is 1. The number of tetrazole rings is 1. The van der Waals surface area contributed by atoms with Crippen LogP contribution in [0.3, 0.4) is 0 Å². The van der Waals surface area contributed by atoms with E-state index in [2.05, 4.69) is 26.2 Å². The molecule has 2 N–H and O–H groups in total. The molecule has 0 fully saturated rings. The Morgan fingerprint density at radius 1 is 1.13 bits per heavy atom. The zero-order chi connectivity index (χ0) is 22.2. The molecule has 2 amide bonds. The molecule has 0 saturated carbocycles. The molecule has 3 rings (SSSR count). The maximum Gasteiger partial charge on any atom is 0.319 e. The van der Waals surface area contributed by atoms with Crippen molar-refractivity contribution in [3.63, 3.8) is 0 Å². The summed E-state index contributed by atoms with van der Waals surface area (Å²) in [6, 6.07) is 10.9. The molecule has 2 aromatic carbocycles. The molecule has 3 aromatic rings. The molecule has 0 bridgehead atoms. The third-order valence-corrected chi connectivity index (χ3v) is 4.69. The number of rotatable bonds is 9. The monoisotopic (exact) mass is 429 g/mol. The van der Waals surface area contributed by atoms with Crippen LogP contribution in [0.4, 0.5) is 19.3 Å².